The van der Waals surface area contributed by atoms with Gasteiger partial charge in [0.1, 0.15) is 0 Å². The Balaban J connectivity index is 1.95. The summed E-state index contributed by atoms with van der Waals surface area (Å²) in [6.45, 7) is 3.54. The average Bonchev–Trinajstić information content (AvgIpc) is 3.02. The molecular formula is C19H20N4O5S2. The highest BCUT2D eigenvalue weighted by atomic mass is 32.2. The molecule has 0 unspecified atom stereocenters. The number of thiazole rings is 1. The van der Waals surface area contributed by atoms with Gasteiger partial charge >= 0.3 is 0 Å². The molecule has 0 fully saturated rings. The number of aryl methyl sites for hydroxylation is 1. The van der Waals surface area contributed by atoms with Gasteiger partial charge in [-0.05, 0) is 44.2 Å². The van der Waals surface area contributed by atoms with Crippen molar-refractivity contribution < 1.29 is 18.1 Å². The van der Waals surface area contributed by atoms with Gasteiger partial charge in [-0.15, -0.1) is 0 Å². The maximum absolute atomic E-state index is 12.6. The van der Waals surface area contributed by atoms with Crippen molar-refractivity contribution in [3.8, 4) is 0 Å². The van der Waals surface area contributed by atoms with Gasteiger partial charge in [-0.2, -0.15) is 9.30 Å². The summed E-state index contributed by atoms with van der Waals surface area (Å²) in [5, 5.41) is 11.0. The fourth-order valence-electron chi connectivity index (χ4n) is 2.70. The van der Waals surface area contributed by atoms with Crippen LogP contribution in [0.2, 0.25) is 0 Å². The third-order valence-corrected chi connectivity index (χ3v) is 7.87. The number of non-ortho nitro benzene ring substituents is 1. The second kappa shape index (κ2) is 8.09. The van der Waals surface area contributed by atoms with Gasteiger partial charge in [0, 0.05) is 37.8 Å². The summed E-state index contributed by atoms with van der Waals surface area (Å²) >= 11 is 1.23. The Morgan fingerprint density at radius 2 is 1.83 bits per heavy atom. The topological polar surface area (TPSA) is 115 Å². The minimum atomic E-state index is -3.64. The lowest BCUT2D eigenvalue weighted by Crippen LogP contribution is -2.33. The number of nitro benzene ring substituents is 1. The van der Waals surface area contributed by atoms with E-state index in [4.69, 9.17) is 0 Å². The van der Waals surface area contributed by atoms with Crippen LogP contribution in [0.3, 0.4) is 0 Å². The molecule has 0 radical (unpaired) electrons. The molecule has 0 aliphatic heterocycles. The predicted octanol–water partition coefficient (Wildman–Crippen LogP) is 2.92. The van der Waals surface area contributed by atoms with Crippen molar-refractivity contribution in [2.75, 3.05) is 7.05 Å². The van der Waals surface area contributed by atoms with Gasteiger partial charge in [0.25, 0.3) is 11.6 Å². The molecule has 2 aromatic carbocycles. The number of carbonyl (C=O) groups excluding carboxylic acids is 1. The van der Waals surface area contributed by atoms with Gasteiger partial charge in [0.05, 0.1) is 20.0 Å². The lowest BCUT2D eigenvalue weighted by atomic mass is 10.2. The van der Waals surface area contributed by atoms with Gasteiger partial charge in [0.2, 0.25) is 10.0 Å². The van der Waals surface area contributed by atoms with Crippen LogP contribution in [0, 0.1) is 10.1 Å². The number of fused-ring (bicyclic) bond motifs is 1. The summed E-state index contributed by atoms with van der Waals surface area (Å²) in [6, 6.07) is 9.85. The van der Waals surface area contributed by atoms with E-state index in [1.165, 1.54) is 59.1 Å². The number of aromatic nitrogens is 1. The third-order valence-electron chi connectivity index (χ3n) is 4.71. The maximum atomic E-state index is 12.6. The van der Waals surface area contributed by atoms with E-state index in [9.17, 15) is 23.3 Å². The molecule has 0 N–H and O–H groups in total. The van der Waals surface area contributed by atoms with Crippen molar-refractivity contribution in [2.24, 2.45) is 12.0 Å². The fourth-order valence-corrected chi connectivity index (χ4v) is 5.06. The fraction of sp³-hybridized carbons (Fsp3) is 0.263. The van der Waals surface area contributed by atoms with E-state index in [0.717, 1.165) is 4.70 Å². The molecule has 1 amide bonds. The van der Waals surface area contributed by atoms with Crippen LogP contribution in [0.25, 0.3) is 10.2 Å². The smallest absolute Gasteiger partial charge is 0.279 e. The molecule has 11 heteroatoms. The van der Waals surface area contributed by atoms with Gasteiger partial charge in [-0.25, -0.2) is 8.42 Å². The van der Waals surface area contributed by atoms with Crippen molar-refractivity contribution in [2.45, 2.75) is 24.8 Å². The summed E-state index contributed by atoms with van der Waals surface area (Å²) < 4.78 is 28.7. The molecule has 158 valence electrons. The van der Waals surface area contributed by atoms with Gasteiger partial charge < -0.3 is 4.57 Å². The molecule has 30 heavy (non-hydrogen) atoms. The van der Waals surface area contributed by atoms with Gasteiger partial charge in [-0.3, -0.25) is 14.9 Å². The minimum Gasteiger partial charge on any atom is -0.319 e. The van der Waals surface area contributed by atoms with Gasteiger partial charge in [0.15, 0.2) is 4.80 Å². The number of sulfonamides is 1. The summed E-state index contributed by atoms with van der Waals surface area (Å²) in [7, 11) is -0.468. The molecule has 1 aromatic heterocycles. The summed E-state index contributed by atoms with van der Waals surface area (Å²) in [4.78, 5) is 27.7. The first-order chi connectivity index (χ1) is 14.0. The first kappa shape index (κ1) is 21.8. The second-order valence-corrected chi connectivity index (χ2v) is 9.92. The minimum absolute atomic E-state index is 0.0445. The zero-order valence-electron chi connectivity index (χ0n) is 16.8. The van der Waals surface area contributed by atoms with Crippen LogP contribution in [0.5, 0.6) is 0 Å². The molecule has 0 aliphatic carbocycles. The zero-order valence-corrected chi connectivity index (χ0v) is 18.4. The van der Waals surface area contributed by atoms with Crippen LogP contribution in [-0.2, 0) is 17.1 Å². The highest BCUT2D eigenvalue weighted by Crippen LogP contribution is 2.22. The number of nitrogens with zero attached hydrogens (tertiary/aromatic N) is 4. The van der Waals surface area contributed by atoms with E-state index >= 15 is 0 Å². The monoisotopic (exact) mass is 448 g/mol. The highest BCUT2D eigenvalue weighted by Gasteiger charge is 2.23. The summed E-state index contributed by atoms with van der Waals surface area (Å²) in [5.74, 6) is -0.534. The van der Waals surface area contributed by atoms with E-state index in [2.05, 4.69) is 4.99 Å². The molecule has 0 saturated carbocycles. The standard InChI is InChI=1S/C19H20N4O5S2/c1-12(2)22(4)30(27,28)15-8-5-13(6-9-15)18(24)20-19-21(3)16-11-14(23(25)26)7-10-17(16)29-19/h5-12H,1-4H3. The van der Waals surface area contributed by atoms with E-state index in [-0.39, 0.29) is 22.2 Å². The molecule has 3 aromatic rings. The van der Waals surface area contributed by atoms with E-state index in [0.29, 0.717) is 10.3 Å². The van der Waals surface area contributed by atoms with Crippen LogP contribution in [0.4, 0.5) is 5.69 Å². The van der Waals surface area contributed by atoms with E-state index in [1.807, 2.05) is 0 Å². The third kappa shape index (κ3) is 4.04. The Labute approximate surface area is 177 Å². The number of hydrogen-bond donors (Lipinski definition) is 0. The Morgan fingerprint density at radius 1 is 1.20 bits per heavy atom. The Morgan fingerprint density at radius 3 is 2.40 bits per heavy atom. The van der Waals surface area contributed by atoms with Crippen molar-refractivity contribution >= 4 is 43.2 Å². The lowest BCUT2D eigenvalue weighted by molar-refractivity contribution is -0.384. The Bertz CT molecular complexity index is 1300. The van der Waals surface area contributed by atoms with Crippen molar-refractivity contribution in [1.82, 2.24) is 8.87 Å². The van der Waals surface area contributed by atoms with E-state index in [1.54, 1.807) is 31.5 Å². The van der Waals surface area contributed by atoms with Crippen molar-refractivity contribution in [1.29, 1.82) is 0 Å². The largest absolute Gasteiger partial charge is 0.319 e. The second-order valence-electron chi connectivity index (χ2n) is 6.91. The maximum Gasteiger partial charge on any atom is 0.279 e. The van der Waals surface area contributed by atoms with Crippen molar-refractivity contribution in [3.05, 3.63) is 62.9 Å². The summed E-state index contributed by atoms with van der Waals surface area (Å²) in [6.07, 6.45) is 0. The molecule has 3 rings (SSSR count). The van der Waals surface area contributed by atoms with E-state index < -0.39 is 20.9 Å². The van der Waals surface area contributed by atoms with Gasteiger partial charge in [-0.1, -0.05) is 11.3 Å². The molecule has 0 bridgehead atoms. The molecular weight excluding hydrogens is 428 g/mol. The zero-order chi connectivity index (χ0) is 22.2. The SMILES string of the molecule is CC(C)N(C)S(=O)(=O)c1ccc(C(=O)N=c2sc3ccc([N+](=O)[O-])cc3n2C)cc1. The molecule has 0 spiro atoms. The number of carbonyl (C=O) groups is 1. The first-order valence-corrected chi connectivity index (χ1v) is 11.2. The first-order valence-electron chi connectivity index (χ1n) is 8.93. The predicted molar refractivity (Wildman–Crippen MR) is 114 cm³/mol. The Kier molecular flexibility index (Phi) is 5.88. The number of amides is 1. The van der Waals surface area contributed by atoms with Crippen LogP contribution in [0.1, 0.15) is 24.2 Å². The molecule has 0 saturated heterocycles. The number of rotatable bonds is 5. The Hall–Kier alpha value is -2.89. The normalized spacial score (nSPS) is 12.8. The van der Waals surface area contributed by atoms with Crippen LogP contribution >= 0.6 is 11.3 Å². The van der Waals surface area contributed by atoms with Crippen LogP contribution in [-0.4, -0.2) is 41.2 Å². The average molecular weight is 449 g/mol. The van der Waals surface area contributed by atoms with Crippen LogP contribution in [0.15, 0.2) is 52.4 Å². The number of hydrogen-bond acceptors (Lipinski definition) is 6. The van der Waals surface area contributed by atoms with Crippen molar-refractivity contribution in [3.63, 3.8) is 0 Å². The number of benzene rings is 2. The number of nitro groups is 1. The summed E-state index contributed by atoms with van der Waals surface area (Å²) in [5.41, 5.74) is 0.792. The quantitative estimate of drug-likeness (QED) is 0.440. The molecule has 0 aliphatic rings. The molecule has 1 heterocycles. The molecule has 0 atom stereocenters. The lowest BCUT2D eigenvalue weighted by Gasteiger charge is -2.20. The highest BCUT2D eigenvalue weighted by molar-refractivity contribution is 7.89. The molecule has 9 nitrogen and oxygen atoms in total. The van der Waals surface area contributed by atoms with Crippen LogP contribution < -0.4 is 4.80 Å².